The van der Waals surface area contributed by atoms with Crippen LogP contribution in [0.15, 0.2) is 24.3 Å². The summed E-state index contributed by atoms with van der Waals surface area (Å²) in [5, 5.41) is 5.24. The molecule has 3 amide bonds. The zero-order chi connectivity index (χ0) is 21.6. The van der Waals surface area contributed by atoms with Gasteiger partial charge in [0.2, 0.25) is 5.91 Å². The molecule has 1 aliphatic carbocycles. The van der Waals surface area contributed by atoms with Crippen molar-refractivity contribution in [3.05, 3.63) is 35.4 Å². The van der Waals surface area contributed by atoms with Crippen molar-refractivity contribution in [1.29, 1.82) is 0 Å². The van der Waals surface area contributed by atoms with E-state index in [0.717, 1.165) is 18.4 Å². The first kappa shape index (κ1) is 22.4. The number of hydrogen-bond acceptors (Lipinski definition) is 5. The van der Waals surface area contributed by atoms with E-state index >= 15 is 0 Å². The van der Waals surface area contributed by atoms with E-state index in [4.69, 9.17) is 4.74 Å². The molecule has 0 aliphatic heterocycles. The minimum atomic E-state index is -0.728. The van der Waals surface area contributed by atoms with Crippen LogP contribution in [0.3, 0.4) is 0 Å². The van der Waals surface area contributed by atoms with Gasteiger partial charge >= 0.3 is 5.97 Å². The highest BCUT2D eigenvalue weighted by molar-refractivity contribution is 5.96. The lowest BCUT2D eigenvalue weighted by Crippen LogP contribution is -2.41. The lowest BCUT2D eigenvalue weighted by atomic mass is 9.87. The molecular weight excluding hydrogens is 374 g/mol. The van der Waals surface area contributed by atoms with E-state index in [-0.39, 0.29) is 30.5 Å². The summed E-state index contributed by atoms with van der Waals surface area (Å²) >= 11 is 0. The highest BCUT2D eigenvalue weighted by Crippen LogP contribution is 2.22. The Bertz CT molecular complexity index is 764. The van der Waals surface area contributed by atoms with Crippen molar-refractivity contribution in [3.8, 4) is 0 Å². The quantitative estimate of drug-likeness (QED) is 0.630. The molecule has 1 fully saturated rings. The number of nitrogens with one attached hydrogen (secondary N) is 2. The van der Waals surface area contributed by atoms with Gasteiger partial charge in [-0.2, -0.15) is 0 Å². The summed E-state index contributed by atoms with van der Waals surface area (Å²) in [4.78, 5) is 48.7. The molecule has 8 heteroatoms. The van der Waals surface area contributed by atoms with E-state index < -0.39 is 24.4 Å². The second-order valence-corrected chi connectivity index (χ2v) is 8.26. The second kappa shape index (κ2) is 9.54. The molecule has 2 rings (SSSR count). The predicted octanol–water partition coefficient (Wildman–Crippen LogP) is 0.994. The van der Waals surface area contributed by atoms with E-state index in [1.165, 1.54) is 11.9 Å². The van der Waals surface area contributed by atoms with Gasteiger partial charge in [0.15, 0.2) is 6.61 Å². The summed E-state index contributed by atoms with van der Waals surface area (Å²) < 4.78 is 4.87. The Balaban J connectivity index is 1.69. The molecule has 0 heterocycles. The number of esters is 1. The van der Waals surface area contributed by atoms with Gasteiger partial charge in [-0.25, -0.2) is 0 Å². The fourth-order valence-electron chi connectivity index (χ4n) is 2.48. The largest absolute Gasteiger partial charge is 0.454 e. The van der Waals surface area contributed by atoms with Crippen LogP contribution in [0.4, 0.5) is 0 Å². The zero-order valence-corrected chi connectivity index (χ0v) is 17.4. The Kier molecular flexibility index (Phi) is 7.36. The van der Waals surface area contributed by atoms with Crippen molar-refractivity contribution in [3.63, 3.8) is 0 Å². The van der Waals surface area contributed by atoms with Crippen molar-refractivity contribution >= 4 is 23.7 Å². The number of carbonyl (C=O) groups excluding carboxylic acids is 4. The SMILES string of the molecule is CN(CC(=O)NC1CC1)C(=O)COC(=O)CNC(=O)c1ccc(C(C)(C)C)cc1. The zero-order valence-electron chi connectivity index (χ0n) is 17.4. The Labute approximate surface area is 171 Å². The van der Waals surface area contributed by atoms with Gasteiger partial charge in [0.05, 0.1) is 6.54 Å². The lowest BCUT2D eigenvalue weighted by Gasteiger charge is -2.19. The molecule has 0 unspecified atom stereocenters. The summed E-state index contributed by atoms with van der Waals surface area (Å²) in [6.45, 7) is 5.32. The minimum absolute atomic E-state index is 0.0168. The first-order chi connectivity index (χ1) is 13.6. The van der Waals surface area contributed by atoms with Crippen LogP contribution in [0.25, 0.3) is 0 Å². The Morgan fingerprint density at radius 1 is 1.10 bits per heavy atom. The lowest BCUT2D eigenvalue weighted by molar-refractivity contribution is -0.151. The number of hydrogen-bond donors (Lipinski definition) is 2. The molecule has 29 heavy (non-hydrogen) atoms. The number of benzene rings is 1. The molecule has 1 aromatic carbocycles. The maximum Gasteiger partial charge on any atom is 0.325 e. The topological polar surface area (TPSA) is 105 Å². The fourth-order valence-corrected chi connectivity index (χ4v) is 2.48. The molecule has 8 nitrogen and oxygen atoms in total. The Morgan fingerprint density at radius 2 is 1.72 bits per heavy atom. The minimum Gasteiger partial charge on any atom is -0.454 e. The Hall–Kier alpha value is -2.90. The number of nitrogens with zero attached hydrogens (tertiary/aromatic N) is 1. The number of amides is 3. The van der Waals surface area contributed by atoms with E-state index in [9.17, 15) is 19.2 Å². The molecule has 0 radical (unpaired) electrons. The van der Waals surface area contributed by atoms with E-state index in [2.05, 4.69) is 31.4 Å². The van der Waals surface area contributed by atoms with Crippen molar-refractivity contribution in [2.24, 2.45) is 0 Å². The van der Waals surface area contributed by atoms with Gasteiger partial charge < -0.3 is 20.3 Å². The number of rotatable bonds is 8. The normalized spacial score (nSPS) is 13.4. The summed E-state index contributed by atoms with van der Waals surface area (Å²) in [7, 11) is 1.46. The number of likely N-dealkylation sites (N-methyl/N-ethyl adjacent to an activating group) is 1. The molecule has 0 bridgehead atoms. The molecule has 158 valence electrons. The third-order valence-corrected chi connectivity index (χ3v) is 4.51. The predicted molar refractivity (Wildman–Crippen MR) is 107 cm³/mol. The van der Waals surface area contributed by atoms with Gasteiger partial charge in [-0.15, -0.1) is 0 Å². The van der Waals surface area contributed by atoms with Gasteiger partial charge in [0, 0.05) is 18.7 Å². The molecular formula is C21H29N3O5. The van der Waals surface area contributed by atoms with Crippen molar-refractivity contribution < 1.29 is 23.9 Å². The standard InChI is InChI=1S/C21H29N3O5/c1-21(2,3)15-7-5-14(6-8-15)20(28)22-11-19(27)29-13-18(26)24(4)12-17(25)23-16-9-10-16/h5-8,16H,9-13H2,1-4H3,(H,22,28)(H,23,25). The third kappa shape index (κ3) is 7.56. The van der Waals surface area contributed by atoms with Crippen LogP contribution in [-0.2, 0) is 24.5 Å². The summed E-state index contributed by atoms with van der Waals surface area (Å²) in [5.41, 5.74) is 1.52. The van der Waals surface area contributed by atoms with Gasteiger partial charge in [0.1, 0.15) is 6.54 Å². The average Bonchev–Trinajstić information content (AvgIpc) is 3.47. The maximum absolute atomic E-state index is 12.1. The molecule has 1 saturated carbocycles. The van der Waals surface area contributed by atoms with Crippen LogP contribution in [0.2, 0.25) is 0 Å². The van der Waals surface area contributed by atoms with Crippen LogP contribution in [0.5, 0.6) is 0 Å². The third-order valence-electron chi connectivity index (χ3n) is 4.51. The van der Waals surface area contributed by atoms with Crippen LogP contribution in [-0.4, -0.2) is 61.4 Å². The maximum atomic E-state index is 12.1. The van der Waals surface area contributed by atoms with Gasteiger partial charge in [0.25, 0.3) is 11.8 Å². The Morgan fingerprint density at radius 3 is 2.28 bits per heavy atom. The molecule has 2 N–H and O–H groups in total. The number of carbonyl (C=O) groups is 4. The molecule has 0 atom stereocenters. The summed E-state index contributed by atoms with van der Waals surface area (Å²) in [5.74, 6) is -1.86. The van der Waals surface area contributed by atoms with Crippen LogP contribution in [0, 0.1) is 0 Å². The van der Waals surface area contributed by atoms with Crippen molar-refractivity contribution in [2.75, 3.05) is 26.7 Å². The molecule has 0 saturated heterocycles. The first-order valence-electron chi connectivity index (χ1n) is 9.64. The summed E-state index contributed by atoms with van der Waals surface area (Å²) in [6.07, 6.45) is 1.93. The smallest absolute Gasteiger partial charge is 0.325 e. The van der Waals surface area contributed by atoms with Gasteiger partial charge in [-0.3, -0.25) is 19.2 Å². The van der Waals surface area contributed by atoms with Crippen molar-refractivity contribution in [2.45, 2.75) is 45.1 Å². The molecule has 0 aromatic heterocycles. The van der Waals surface area contributed by atoms with Gasteiger partial charge in [-0.1, -0.05) is 32.9 Å². The van der Waals surface area contributed by atoms with Crippen LogP contribution >= 0.6 is 0 Å². The van der Waals surface area contributed by atoms with E-state index in [0.29, 0.717) is 5.56 Å². The molecule has 0 spiro atoms. The second-order valence-electron chi connectivity index (χ2n) is 8.26. The van der Waals surface area contributed by atoms with Crippen LogP contribution in [0.1, 0.15) is 49.5 Å². The first-order valence-corrected chi connectivity index (χ1v) is 9.64. The summed E-state index contributed by atoms with van der Waals surface area (Å²) in [6, 6.07) is 7.37. The van der Waals surface area contributed by atoms with Crippen molar-refractivity contribution in [1.82, 2.24) is 15.5 Å². The molecule has 1 aliphatic rings. The number of ether oxygens (including phenoxy) is 1. The monoisotopic (exact) mass is 403 g/mol. The van der Waals surface area contributed by atoms with E-state index in [1.807, 2.05) is 12.1 Å². The van der Waals surface area contributed by atoms with Gasteiger partial charge in [-0.05, 0) is 36.0 Å². The van der Waals surface area contributed by atoms with E-state index in [1.54, 1.807) is 12.1 Å². The molecule has 1 aromatic rings. The van der Waals surface area contributed by atoms with Crippen LogP contribution < -0.4 is 10.6 Å². The average molecular weight is 403 g/mol. The fraction of sp³-hybridized carbons (Fsp3) is 0.524. The highest BCUT2D eigenvalue weighted by Gasteiger charge is 2.24. The highest BCUT2D eigenvalue weighted by atomic mass is 16.5.